The maximum atomic E-state index is 6.36. The van der Waals surface area contributed by atoms with Gasteiger partial charge < -0.3 is 4.74 Å². The number of aryl methyl sites for hydroxylation is 2. The zero-order valence-corrected chi connectivity index (χ0v) is 17.6. The third-order valence-electron chi connectivity index (χ3n) is 5.53. The molecule has 0 spiro atoms. The van der Waals surface area contributed by atoms with E-state index in [1.807, 2.05) is 56.3 Å². The van der Waals surface area contributed by atoms with E-state index in [-0.39, 0.29) is 5.92 Å². The van der Waals surface area contributed by atoms with Gasteiger partial charge in [-0.2, -0.15) is 10.2 Å². The van der Waals surface area contributed by atoms with Crippen molar-refractivity contribution in [2.45, 2.75) is 19.8 Å². The largest absolute Gasteiger partial charge is 0.420 e. The van der Waals surface area contributed by atoms with E-state index in [0.29, 0.717) is 22.6 Å². The number of ether oxygens (including phenoxy) is 1. The Labute approximate surface area is 182 Å². The van der Waals surface area contributed by atoms with Crippen molar-refractivity contribution in [2.75, 3.05) is 0 Å². The number of benzene rings is 2. The minimum absolute atomic E-state index is 0.138. The van der Waals surface area contributed by atoms with E-state index in [2.05, 4.69) is 27.2 Å². The zero-order chi connectivity index (χ0) is 21.1. The van der Waals surface area contributed by atoms with Crippen molar-refractivity contribution in [3.63, 3.8) is 0 Å². The molecule has 0 fully saturated rings. The number of rotatable bonds is 2. The normalized spacial score (nSPS) is 14.9. The van der Waals surface area contributed by atoms with Crippen molar-refractivity contribution in [1.82, 2.24) is 29.4 Å². The van der Waals surface area contributed by atoms with Crippen LogP contribution in [0.1, 0.15) is 34.1 Å². The maximum absolute atomic E-state index is 6.36. The van der Waals surface area contributed by atoms with Crippen molar-refractivity contribution in [1.29, 1.82) is 0 Å². The SMILES string of the molecule is Cc1nc2c3c(ncn2n1)Oc1c(c(C)nn1-c1ccc(Cl)cc1)[C@H]3c1ccccc1. The van der Waals surface area contributed by atoms with Gasteiger partial charge >= 0.3 is 0 Å². The van der Waals surface area contributed by atoms with Gasteiger partial charge in [0.15, 0.2) is 5.65 Å². The topological polar surface area (TPSA) is 70.1 Å². The first-order valence-corrected chi connectivity index (χ1v) is 10.3. The Bertz CT molecular complexity index is 1440. The van der Waals surface area contributed by atoms with Gasteiger partial charge in [-0.3, -0.25) is 0 Å². The van der Waals surface area contributed by atoms with Crippen molar-refractivity contribution in [2.24, 2.45) is 0 Å². The highest BCUT2D eigenvalue weighted by Crippen LogP contribution is 2.49. The fraction of sp³-hybridized carbons (Fsp3) is 0.130. The second-order valence-electron chi connectivity index (χ2n) is 7.53. The Hall–Kier alpha value is -3.71. The van der Waals surface area contributed by atoms with E-state index in [0.717, 1.165) is 33.7 Å². The smallest absolute Gasteiger partial charge is 0.230 e. The molecule has 0 bridgehead atoms. The highest BCUT2D eigenvalue weighted by Gasteiger charge is 2.37. The van der Waals surface area contributed by atoms with Crippen molar-refractivity contribution in [3.8, 4) is 17.4 Å². The molecule has 0 saturated carbocycles. The van der Waals surface area contributed by atoms with Crippen LogP contribution in [0.4, 0.5) is 0 Å². The van der Waals surface area contributed by atoms with Gasteiger partial charge in [0.05, 0.1) is 28.4 Å². The zero-order valence-electron chi connectivity index (χ0n) is 16.8. The molecule has 0 aliphatic carbocycles. The van der Waals surface area contributed by atoms with Gasteiger partial charge in [-0.05, 0) is 43.7 Å². The number of aromatic nitrogens is 6. The molecule has 0 unspecified atom stereocenters. The Balaban J connectivity index is 1.65. The number of hydrogen-bond acceptors (Lipinski definition) is 5. The van der Waals surface area contributed by atoms with Gasteiger partial charge in [-0.1, -0.05) is 41.9 Å². The van der Waals surface area contributed by atoms with Crippen LogP contribution in [0, 0.1) is 13.8 Å². The quantitative estimate of drug-likeness (QED) is 0.393. The van der Waals surface area contributed by atoms with E-state index < -0.39 is 0 Å². The van der Waals surface area contributed by atoms with Crippen LogP contribution in [0.2, 0.25) is 5.02 Å². The van der Waals surface area contributed by atoms with Crippen LogP contribution in [0.25, 0.3) is 11.3 Å². The Morgan fingerprint density at radius 1 is 0.935 bits per heavy atom. The molecule has 31 heavy (non-hydrogen) atoms. The predicted molar refractivity (Wildman–Crippen MR) is 116 cm³/mol. The summed E-state index contributed by atoms with van der Waals surface area (Å²) in [6.07, 6.45) is 1.64. The molecule has 4 heterocycles. The molecule has 2 aromatic carbocycles. The standard InChI is InChI=1S/C23H17ClN6O/c1-13-18-19(15-6-4-3-5-7-15)20-21-26-14(2)28-29(21)12-25-22(20)31-23(18)30(27-13)17-10-8-16(24)9-11-17/h3-12,19H,1-2H3/t19-/m1/s1. The fourth-order valence-corrected chi connectivity index (χ4v) is 4.35. The van der Waals surface area contributed by atoms with Crippen LogP contribution < -0.4 is 4.74 Å². The molecule has 3 aromatic heterocycles. The summed E-state index contributed by atoms with van der Waals surface area (Å²) in [6, 6.07) is 17.8. The molecule has 1 aliphatic heterocycles. The summed E-state index contributed by atoms with van der Waals surface area (Å²) in [7, 11) is 0. The second-order valence-corrected chi connectivity index (χ2v) is 7.97. The number of hydrogen-bond donors (Lipinski definition) is 0. The summed E-state index contributed by atoms with van der Waals surface area (Å²) in [6.45, 7) is 3.87. The van der Waals surface area contributed by atoms with Crippen molar-refractivity contribution in [3.05, 3.63) is 94.2 Å². The molecule has 0 radical (unpaired) electrons. The summed E-state index contributed by atoms with van der Waals surface area (Å²) < 4.78 is 9.87. The van der Waals surface area contributed by atoms with Crippen LogP contribution in [-0.4, -0.2) is 29.4 Å². The minimum atomic E-state index is -0.138. The molecule has 0 saturated heterocycles. The molecule has 8 heteroatoms. The minimum Gasteiger partial charge on any atom is -0.420 e. The highest BCUT2D eigenvalue weighted by molar-refractivity contribution is 6.30. The third kappa shape index (κ3) is 2.74. The lowest BCUT2D eigenvalue weighted by atomic mass is 9.84. The van der Waals surface area contributed by atoms with Crippen molar-refractivity contribution < 1.29 is 4.74 Å². The molecule has 7 nitrogen and oxygen atoms in total. The molecule has 1 aliphatic rings. The van der Waals surface area contributed by atoms with E-state index in [4.69, 9.17) is 21.4 Å². The van der Waals surface area contributed by atoms with Gasteiger partial charge in [-0.15, -0.1) is 0 Å². The van der Waals surface area contributed by atoms with Crippen molar-refractivity contribution >= 4 is 17.2 Å². The molecular formula is C23H17ClN6O. The molecule has 152 valence electrons. The van der Waals surface area contributed by atoms with Crippen LogP contribution in [0.3, 0.4) is 0 Å². The lowest BCUT2D eigenvalue weighted by Crippen LogP contribution is -2.16. The van der Waals surface area contributed by atoms with Gasteiger partial charge in [0.25, 0.3) is 0 Å². The summed E-state index contributed by atoms with van der Waals surface area (Å²) in [5, 5.41) is 9.92. The summed E-state index contributed by atoms with van der Waals surface area (Å²) >= 11 is 6.09. The van der Waals surface area contributed by atoms with E-state index in [1.54, 1.807) is 15.5 Å². The highest BCUT2D eigenvalue weighted by atomic mass is 35.5. The van der Waals surface area contributed by atoms with Crippen LogP contribution in [0.5, 0.6) is 11.8 Å². The van der Waals surface area contributed by atoms with E-state index in [1.165, 1.54) is 0 Å². The predicted octanol–water partition coefficient (Wildman–Crippen LogP) is 4.87. The molecule has 1 atom stereocenters. The summed E-state index contributed by atoms with van der Waals surface area (Å²) in [4.78, 5) is 9.24. The van der Waals surface area contributed by atoms with Crippen LogP contribution in [0.15, 0.2) is 60.9 Å². The monoisotopic (exact) mass is 428 g/mol. The summed E-state index contributed by atoms with van der Waals surface area (Å²) in [5.41, 5.74) is 5.47. The summed E-state index contributed by atoms with van der Waals surface area (Å²) in [5.74, 6) is 1.70. The van der Waals surface area contributed by atoms with Gasteiger partial charge in [0.2, 0.25) is 11.8 Å². The third-order valence-corrected chi connectivity index (χ3v) is 5.78. The molecule has 6 rings (SSSR count). The molecule has 5 aromatic rings. The first-order valence-electron chi connectivity index (χ1n) is 9.90. The first kappa shape index (κ1) is 18.1. The molecule has 0 amide bonds. The number of halogens is 1. The van der Waals surface area contributed by atoms with Crippen LogP contribution in [-0.2, 0) is 0 Å². The van der Waals surface area contributed by atoms with Gasteiger partial charge in [0, 0.05) is 5.02 Å². The van der Waals surface area contributed by atoms with Gasteiger partial charge in [-0.25, -0.2) is 19.2 Å². The van der Waals surface area contributed by atoms with Gasteiger partial charge in [0.1, 0.15) is 12.2 Å². The average molecular weight is 429 g/mol. The maximum Gasteiger partial charge on any atom is 0.230 e. The van der Waals surface area contributed by atoms with E-state index >= 15 is 0 Å². The lowest BCUT2D eigenvalue weighted by molar-refractivity contribution is 0.402. The molecular weight excluding hydrogens is 412 g/mol. The number of fused-ring (bicyclic) bond motifs is 4. The average Bonchev–Trinajstić information content (AvgIpc) is 3.32. The second kappa shape index (κ2) is 6.65. The Kier molecular flexibility index (Phi) is 3.88. The fourth-order valence-electron chi connectivity index (χ4n) is 4.22. The molecule has 0 N–H and O–H groups in total. The lowest BCUT2D eigenvalue weighted by Gasteiger charge is -2.26. The van der Waals surface area contributed by atoms with E-state index in [9.17, 15) is 0 Å². The Morgan fingerprint density at radius 3 is 2.48 bits per heavy atom. The first-order chi connectivity index (χ1) is 15.1. The number of nitrogens with zero attached hydrogens (tertiary/aromatic N) is 6. The Morgan fingerprint density at radius 2 is 1.71 bits per heavy atom. The van der Waals surface area contributed by atoms with Crippen LogP contribution >= 0.6 is 11.6 Å².